The van der Waals surface area contributed by atoms with Crippen molar-refractivity contribution in [3.8, 4) is 22.8 Å². The summed E-state index contributed by atoms with van der Waals surface area (Å²) in [6, 6.07) is 27.5. The van der Waals surface area contributed by atoms with E-state index in [0.29, 0.717) is 30.3 Å². The van der Waals surface area contributed by atoms with Crippen LogP contribution in [0.15, 0.2) is 95.4 Å². The Morgan fingerprint density at radius 1 is 0.977 bits per heavy atom. The zero-order valence-corrected chi connectivity index (χ0v) is 28.6. The average molecular weight is 814 g/mol. The molecule has 0 aliphatic rings. The predicted octanol–water partition coefficient (Wildman–Crippen LogP) is 8.81. The minimum absolute atomic E-state index is 0.306. The summed E-state index contributed by atoms with van der Waals surface area (Å²) in [4.78, 5) is 17.4. The highest BCUT2D eigenvalue weighted by atomic mass is 127. The molecule has 1 aromatic heterocycles. The van der Waals surface area contributed by atoms with E-state index in [1.165, 1.54) is 20.5 Å². The second-order valence-electron chi connectivity index (χ2n) is 9.48. The number of nitrogens with zero attached hydrogens (tertiary/aromatic N) is 2. The zero-order chi connectivity index (χ0) is 30.2. The Hall–Kier alpha value is -3.49. The Labute approximate surface area is 282 Å². The summed E-state index contributed by atoms with van der Waals surface area (Å²) in [5, 5.41) is 10.3. The van der Waals surface area contributed by atoms with Gasteiger partial charge in [-0.2, -0.15) is 5.10 Å². The van der Waals surface area contributed by atoms with Gasteiger partial charge in [-0.3, -0.25) is 4.79 Å². The number of hydrazone groups is 1. The van der Waals surface area contributed by atoms with E-state index in [4.69, 9.17) is 9.47 Å². The summed E-state index contributed by atoms with van der Waals surface area (Å²) in [6.07, 6.45) is 1.59. The molecule has 0 radical (unpaired) electrons. The number of hydrogen-bond donors (Lipinski definition) is 2. The molecule has 4 aromatic carbocycles. The van der Waals surface area contributed by atoms with Crippen molar-refractivity contribution < 1.29 is 14.3 Å². The summed E-state index contributed by atoms with van der Waals surface area (Å²) in [5.41, 5.74) is 8.93. The number of carbonyl (C=O) groups is 1. The minimum atomic E-state index is -0.306. The van der Waals surface area contributed by atoms with Gasteiger partial charge in [0.15, 0.2) is 16.6 Å². The number of halogens is 2. The molecule has 0 atom stereocenters. The first-order valence-corrected chi connectivity index (χ1v) is 16.5. The molecule has 7 nitrogen and oxygen atoms in total. The Kier molecular flexibility index (Phi) is 10.7. The maximum atomic E-state index is 12.8. The van der Waals surface area contributed by atoms with Crippen LogP contribution >= 0.6 is 56.5 Å². The van der Waals surface area contributed by atoms with Crippen molar-refractivity contribution in [3.63, 3.8) is 0 Å². The lowest BCUT2D eigenvalue weighted by Crippen LogP contribution is -2.17. The third kappa shape index (κ3) is 8.54. The Morgan fingerprint density at radius 2 is 1.72 bits per heavy atom. The summed E-state index contributed by atoms with van der Waals surface area (Å²) in [6.45, 7) is 4.92. The normalized spacial score (nSPS) is 11.0. The Bertz CT molecular complexity index is 1720. The molecular formula is C33H28I2N4O3S. The average Bonchev–Trinajstić information content (AvgIpc) is 3.47. The first kappa shape index (κ1) is 31.0. The molecule has 0 aliphatic carbocycles. The number of rotatable bonds is 11. The highest BCUT2D eigenvalue weighted by Crippen LogP contribution is 2.34. The van der Waals surface area contributed by atoms with E-state index >= 15 is 0 Å². The number of anilines is 2. The monoisotopic (exact) mass is 814 g/mol. The van der Waals surface area contributed by atoms with Crippen molar-refractivity contribution in [2.45, 2.75) is 20.5 Å². The molecule has 2 N–H and O–H groups in total. The highest BCUT2D eigenvalue weighted by molar-refractivity contribution is 14.1. The fraction of sp³-hybridized carbons (Fsp3) is 0.121. The number of aromatic nitrogens is 1. The van der Waals surface area contributed by atoms with Crippen LogP contribution in [-0.4, -0.2) is 23.7 Å². The Morgan fingerprint density at radius 3 is 2.44 bits per heavy atom. The van der Waals surface area contributed by atoms with Crippen LogP contribution in [-0.2, 0) is 6.61 Å². The van der Waals surface area contributed by atoms with Crippen molar-refractivity contribution in [2.75, 3.05) is 11.9 Å². The second kappa shape index (κ2) is 14.8. The number of nitrogens with one attached hydrogen (secondary N) is 2. The summed E-state index contributed by atoms with van der Waals surface area (Å²) < 4.78 is 14.0. The van der Waals surface area contributed by atoms with Gasteiger partial charge in [0.2, 0.25) is 0 Å². The molecule has 0 spiro atoms. The van der Waals surface area contributed by atoms with Gasteiger partial charge in [-0.15, -0.1) is 11.3 Å². The van der Waals surface area contributed by atoms with Gasteiger partial charge >= 0.3 is 0 Å². The molecule has 0 saturated carbocycles. The lowest BCUT2D eigenvalue weighted by atomic mass is 10.1. The lowest BCUT2D eigenvalue weighted by Gasteiger charge is -2.15. The third-order valence-electron chi connectivity index (χ3n) is 6.26. The molecule has 1 amide bonds. The van der Waals surface area contributed by atoms with E-state index in [2.05, 4.69) is 97.2 Å². The van der Waals surface area contributed by atoms with Crippen LogP contribution in [0.3, 0.4) is 0 Å². The number of carbonyl (C=O) groups excluding carboxylic acids is 1. The fourth-order valence-corrected chi connectivity index (χ4v) is 5.93. The molecule has 5 aromatic rings. The van der Waals surface area contributed by atoms with Gasteiger partial charge in [-0.05, 0) is 119 Å². The molecule has 0 bridgehead atoms. The smallest absolute Gasteiger partial charge is 0.271 e. The van der Waals surface area contributed by atoms with Gasteiger partial charge in [-0.25, -0.2) is 10.4 Å². The Balaban J connectivity index is 1.19. The highest BCUT2D eigenvalue weighted by Gasteiger charge is 2.13. The van der Waals surface area contributed by atoms with Crippen molar-refractivity contribution in [3.05, 3.63) is 120 Å². The molecule has 10 heteroatoms. The maximum absolute atomic E-state index is 12.8. The van der Waals surface area contributed by atoms with Crippen LogP contribution in [0.5, 0.6) is 11.5 Å². The summed E-state index contributed by atoms with van der Waals surface area (Å²) in [7, 11) is 0. The lowest BCUT2D eigenvalue weighted by molar-refractivity contribution is 0.0955. The number of amides is 1. The van der Waals surface area contributed by atoms with Crippen LogP contribution in [0, 0.1) is 14.1 Å². The van der Waals surface area contributed by atoms with Gasteiger partial charge in [0.05, 0.1) is 22.1 Å². The summed E-state index contributed by atoms with van der Waals surface area (Å²) >= 11 is 6.04. The van der Waals surface area contributed by atoms with Crippen LogP contribution < -0.4 is 20.2 Å². The van der Waals surface area contributed by atoms with Crippen LogP contribution in [0.1, 0.15) is 34.0 Å². The zero-order valence-electron chi connectivity index (χ0n) is 23.4. The maximum Gasteiger partial charge on any atom is 0.271 e. The third-order valence-corrected chi connectivity index (χ3v) is 8.54. The van der Waals surface area contributed by atoms with Gasteiger partial charge in [-0.1, -0.05) is 42.0 Å². The van der Waals surface area contributed by atoms with E-state index in [0.717, 1.165) is 36.8 Å². The fourth-order valence-electron chi connectivity index (χ4n) is 4.05. The van der Waals surface area contributed by atoms with Crippen LogP contribution in [0.25, 0.3) is 11.3 Å². The van der Waals surface area contributed by atoms with Crippen molar-refractivity contribution in [1.29, 1.82) is 0 Å². The number of ether oxygens (including phenoxy) is 2. The first-order valence-electron chi connectivity index (χ1n) is 13.4. The number of aryl methyl sites for hydroxylation is 1. The van der Waals surface area contributed by atoms with Crippen LogP contribution in [0.2, 0.25) is 0 Å². The van der Waals surface area contributed by atoms with Crippen LogP contribution in [0.4, 0.5) is 10.8 Å². The molecular weight excluding hydrogens is 786 g/mol. The van der Waals surface area contributed by atoms with E-state index in [1.54, 1.807) is 18.3 Å². The largest absolute Gasteiger partial charge is 0.490 e. The topological polar surface area (TPSA) is 84.8 Å². The van der Waals surface area contributed by atoms with Crippen molar-refractivity contribution in [1.82, 2.24) is 10.4 Å². The molecule has 0 fully saturated rings. The van der Waals surface area contributed by atoms with E-state index < -0.39 is 0 Å². The molecule has 0 saturated heterocycles. The van der Waals surface area contributed by atoms with Crippen molar-refractivity contribution >= 4 is 79.5 Å². The first-order chi connectivity index (χ1) is 20.9. The number of benzene rings is 4. The number of hydrogen-bond acceptors (Lipinski definition) is 7. The van der Waals surface area contributed by atoms with E-state index in [1.807, 2.05) is 60.8 Å². The molecule has 0 unspecified atom stereocenters. The number of thiazole rings is 1. The van der Waals surface area contributed by atoms with Gasteiger partial charge in [0, 0.05) is 25.8 Å². The SMILES string of the molecule is CCOc1cc(/C=N\NC(=O)c2ccc(-c3csc(Nc4ccc(C)cc4)n3)cc2)cc(I)c1OCc1ccc(I)cc1. The minimum Gasteiger partial charge on any atom is -0.490 e. The van der Waals surface area contributed by atoms with Gasteiger partial charge in [0.1, 0.15) is 6.61 Å². The molecule has 5 rings (SSSR count). The second-order valence-corrected chi connectivity index (χ2v) is 12.7. The predicted molar refractivity (Wildman–Crippen MR) is 191 cm³/mol. The standard InChI is InChI=1S/C33H28I2N4O3S/c1-3-41-30-17-23(16-28(35)31(30)42-19-22-6-12-26(34)13-7-22)18-36-39-32(40)25-10-8-24(9-11-25)29-20-43-33(38-29)37-27-14-4-21(2)5-15-27/h4-18,20H,3,19H2,1-2H3,(H,37,38)(H,39,40)/b36-18-. The molecule has 1 heterocycles. The van der Waals surface area contributed by atoms with E-state index in [9.17, 15) is 4.79 Å². The summed E-state index contributed by atoms with van der Waals surface area (Å²) in [5.74, 6) is 1.00. The quantitative estimate of drug-likeness (QED) is 0.0792. The molecule has 0 aliphatic heterocycles. The molecule has 218 valence electrons. The van der Waals surface area contributed by atoms with Crippen molar-refractivity contribution in [2.24, 2.45) is 5.10 Å². The van der Waals surface area contributed by atoms with Gasteiger partial charge in [0.25, 0.3) is 5.91 Å². The van der Waals surface area contributed by atoms with Gasteiger partial charge < -0.3 is 14.8 Å². The van der Waals surface area contributed by atoms with E-state index in [-0.39, 0.29) is 5.91 Å². The molecule has 43 heavy (non-hydrogen) atoms.